The van der Waals surface area contributed by atoms with Crippen LogP contribution in [0.1, 0.15) is 27.4 Å². The summed E-state index contributed by atoms with van der Waals surface area (Å²) in [6, 6.07) is 8.57. The number of carbonyl (C=O) groups excluding carboxylic acids is 2. The summed E-state index contributed by atoms with van der Waals surface area (Å²) in [5.74, 6) is 1.43. The van der Waals surface area contributed by atoms with Crippen molar-refractivity contribution in [2.45, 2.75) is 20.0 Å². The SMILES string of the molecule is Cc1ccc(CNC(=O)Nc2ccc3c(c2)CNC3=O)o1. The first-order valence-corrected chi connectivity index (χ1v) is 6.63. The molecule has 1 aromatic heterocycles. The number of fused-ring (bicyclic) bond motifs is 1. The first-order chi connectivity index (χ1) is 10.1. The van der Waals surface area contributed by atoms with E-state index in [4.69, 9.17) is 4.42 Å². The topological polar surface area (TPSA) is 83.4 Å². The molecule has 0 saturated heterocycles. The van der Waals surface area contributed by atoms with Gasteiger partial charge in [-0.3, -0.25) is 4.79 Å². The molecular formula is C15H15N3O3. The summed E-state index contributed by atoms with van der Waals surface area (Å²) in [6.45, 7) is 2.67. The van der Waals surface area contributed by atoms with Gasteiger partial charge in [0.05, 0.1) is 6.54 Å². The average molecular weight is 285 g/mol. The third kappa shape index (κ3) is 2.89. The van der Waals surface area contributed by atoms with Crippen LogP contribution in [0.5, 0.6) is 0 Å². The molecule has 0 bridgehead atoms. The predicted octanol–water partition coefficient (Wildman–Crippen LogP) is 2.15. The maximum absolute atomic E-state index is 11.8. The first kappa shape index (κ1) is 13.2. The Bertz CT molecular complexity index is 706. The molecule has 0 spiro atoms. The van der Waals surface area contributed by atoms with Crippen molar-refractivity contribution in [2.24, 2.45) is 0 Å². The number of furan rings is 1. The van der Waals surface area contributed by atoms with Crippen LogP contribution >= 0.6 is 0 Å². The van der Waals surface area contributed by atoms with Crippen LogP contribution in [-0.4, -0.2) is 11.9 Å². The van der Waals surface area contributed by atoms with Crippen molar-refractivity contribution in [3.05, 3.63) is 53.0 Å². The van der Waals surface area contributed by atoms with E-state index in [0.29, 0.717) is 30.1 Å². The van der Waals surface area contributed by atoms with Gasteiger partial charge in [0.15, 0.2) is 0 Å². The Morgan fingerprint density at radius 1 is 1.33 bits per heavy atom. The fraction of sp³-hybridized carbons (Fsp3) is 0.200. The van der Waals surface area contributed by atoms with Crippen molar-refractivity contribution < 1.29 is 14.0 Å². The number of anilines is 1. The molecule has 1 aromatic carbocycles. The molecule has 2 aromatic rings. The Labute approximate surface area is 121 Å². The van der Waals surface area contributed by atoms with Crippen LogP contribution in [0.3, 0.4) is 0 Å². The minimum Gasteiger partial charge on any atom is -0.465 e. The number of hydrogen-bond acceptors (Lipinski definition) is 3. The van der Waals surface area contributed by atoms with Crippen LogP contribution in [0.15, 0.2) is 34.7 Å². The molecule has 3 amide bonds. The summed E-state index contributed by atoms with van der Waals surface area (Å²) in [7, 11) is 0. The summed E-state index contributed by atoms with van der Waals surface area (Å²) in [5.41, 5.74) is 2.20. The lowest BCUT2D eigenvalue weighted by Crippen LogP contribution is -2.28. The highest BCUT2D eigenvalue weighted by Crippen LogP contribution is 2.20. The molecule has 1 aliphatic heterocycles. The second-order valence-corrected chi connectivity index (χ2v) is 4.87. The molecular weight excluding hydrogens is 270 g/mol. The number of nitrogens with one attached hydrogen (secondary N) is 3. The van der Waals surface area contributed by atoms with Crippen molar-refractivity contribution in [2.75, 3.05) is 5.32 Å². The van der Waals surface area contributed by atoms with Crippen LogP contribution in [0, 0.1) is 6.92 Å². The number of rotatable bonds is 3. The molecule has 0 saturated carbocycles. The third-order valence-corrected chi connectivity index (χ3v) is 3.27. The van der Waals surface area contributed by atoms with E-state index in [-0.39, 0.29) is 11.9 Å². The normalized spacial score (nSPS) is 12.7. The molecule has 3 rings (SSSR count). The van der Waals surface area contributed by atoms with Gasteiger partial charge in [0.25, 0.3) is 5.91 Å². The van der Waals surface area contributed by atoms with E-state index in [0.717, 1.165) is 11.3 Å². The van der Waals surface area contributed by atoms with E-state index in [1.807, 2.05) is 19.1 Å². The van der Waals surface area contributed by atoms with E-state index in [2.05, 4.69) is 16.0 Å². The van der Waals surface area contributed by atoms with Gasteiger partial charge >= 0.3 is 6.03 Å². The molecule has 0 atom stereocenters. The summed E-state index contributed by atoms with van der Waals surface area (Å²) >= 11 is 0. The van der Waals surface area contributed by atoms with E-state index < -0.39 is 0 Å². The number of aryl methyl sites for hydroxylation is 1. The molecule has 0 unspecified atom stereocenters. The van der Waals surface area contributed by atoms with Crippen LogP contribution in [0.25, 0.3) is 0 Å². The van der Waals surface area contributed by atoms with Crippen LogP contribution < -0.4 is 16.0 Å². The molecule has 1 aliphatic rings. The Hall–Kier alpha value is -2.76. The van der Waals surface area contributed by atoms with Crippen molar-refractivity contribution in [3.63, 3.8) is 0 Å². The maximum Gasteiger partial charge on any atom is 0.319 e. The molecule has 6 heteroatoms. The largest absolute Gasteiger partial charge is 0.465 e. The minimum absolute atomic E-state index is 0.0748. The van der Waals surface area contributed by atoms with Gasteiger partial charge in [0.1, 0.15) is 11.5 Å². The lowest BCUT2D eigenvalue weighted by atomic mass is 10.1. The van der Waals surface area contributed by atoms with Crippen molar-refractivity contribution in [1.82, 2.24) is 10.6 Å². The molecule has 21 heavy (non-hydrogen) atoms. The molecule has 0 radical (unpaired) electrons. The minimum atomic E-state index is -0.318. The summed E-state index contributed by atoms with van der Waals surface area (Å²) in [5, 5.41) is 8.18. The maximum atomic E-state index is 11.8. The highest BCUT2D eigenvalue weighted by atomic mass is 16.3. The second kappa shape index (κ2) is 5.32. The second-order valence-electron chi connectivity index (χ2n) is 4.87. The third-order valence-electron chi connectivity index (χ3n) is 3.27. The molecule has 2 heterocycles. The van der Waals surface area contributed by atoms with Crippen molar-refractivity contribution in [3.8, 4) is 0 Å². The average Bonchev–Trinajstić information content (AvgIpc) is 3.03. The zero-order valence-electron chi connectivity index (χ0n) is 11.5. The standard InChI is InChI=1S/C15H15N3O3/c1-9-2-4-12(21-9)8-17-15(20)18-11-3-5-13-10(6-11)7-16-14(13)19/h2-6H,7-8H2,1H3,(H,16,19)(H2,17,18,20). The lowest BCUT2D eigenvalue weighted by molar-refractivity contribution is 0.0965. The van der Waals surface area contributed by atoms with Crippen LogP contribution in [0.4, 0.5) is 10.5 Å². The zero-order valence-corrected chi connectivity index (χ0v) is 11.5. The van der Waals surface area contributed by atoms with Gasteiger partial charge in [0, 0.05) is 17.8 Å². The zero-order chi connectivity index (χ0) is 14.8. The Morgan fingerprint density at radius 2 is 2.19 bits per heavy atom. The number of urea groups is 1. The number of carbonyl (C=O) groups is 2. The molecule has 108 valence electrons. The monoisotopic (exact) mass is 285 g/mol. The van der Waals surface area contributed by atoms with Gasteiger partial charge in [-0.05, 0) is 42.8 Å². The van der Waals surface area contributed by atoms with E-state index in [1.54, 1.807) is 18.2 Å². The van der Waals surface area contributed by atoms with Gasteiger partial charge in [-0.1, -0.05) is 0 Å². The smallest absolute Gasteiger partial charge is 0.319 e. The molecule has 0 fully saturated rings. The Kier molecular flexibility index (Phi) is 3.35. The fourth-order valence-electron chi connectivity index (χ4n) is 2.23. The van der Waals surface area contributed by atoms with E-state index >= 15 is 0 Å². The lowest BCUT2D eigenvalue weighted by Gasteiger charge is -2.07. The number of hydrogen-bond donors (Lipinski definition) is 3. The molecule has 0 aliphatic carbocycles. The van der Waals surface area contributed by atoms with Gasteiger partial charge < -0.3 is 20.4 Å². The predicted molar refractivity (Wildman–Crippen MR) is 76.9 cm³/mol. The fourth-order valence-corrected chi connectivity index (χ4v) is 2.23. The quantitative estimate of drug-likeness (QED) is 0.808. The van der Waals surface area contributed by atoms with Crippen LogP contribution in [0.2, 0.25) is 0 Å². The van der Waals surface area contributed by atoms with Gasteiger partial charge in [-0.25, -0.2) is 4.79 Å². The summed E-state index contributed by atoms with van der Waals surface area (Å²) in [4.78, 5) is 23.2. The van der Waals surface area contributed by atoms with Gasteiger partial charge in [-0.15, -0.1) is 0 Å². The number of amides is 3. The summed E-state index contributed by atoms with van der Waals surface area (Å²) in [6.07, 6.45) is 0. The Morgan fingerprint density at radius 3 is 2.95 bits per heavy atom. The summed E-state index contributed by atoms with van der Waals surface area (Å²) < 4.78 is 5.37. The first-order valence-electron chi connectivity index (χ1n) is 6.63. The number of benzene rings is 1. The Balaban J connectivity index is 1.59. The van der Waals surface area contributed by atoms with Crippen LogP contribution in [-0.2, 0) is 13.1 Å². The van der Waals surface area contributed by atoms with Gasteiger partial charge in [0.2, 0.25) is 0 Å². The van der Waals surface area contributed by atoms with Gasteiger partial charge in [-0.2, -0.15) is 0 Å². The van der Waals surface area contributed by atoms with E-state index in [1.165, 1.54) is 0 Å². The highest BCUT2D eigenvalue weighted by molar-refractivity contribution is 5.99. The van der Waals surface area contributed by atoms with E-state index in [9.17, 15) is 9.59 Å². The van der Waals surface area contributed by atoms with Crippen molar-refractivity contribution in [1.29, 1.82) is 0 Å². The highest BCUT2D eigenvalue weighted by Gasteiger charge is 2.18. The van der Waals surface area contributed by atoms with Crippen molar-refractivity contribution >= 4 is 17.6 Å². The molecule has 6 nitrogen and oxygen atoms in total. The molecule has 3 N–H and O–H groups in total.